The molecule has 1 aromatic heterocycles. The third kappa shape index (κ3) is 2.99. The number of hydrogen-bond donors (Lipinski definition) is 1. The molecular formula is C15H18ClN3. The van der Waals surface area contributed by atoms with Crippen LogP contribution >= 0.6 is 11.6 Å². The average Bonchev–Trinajstić information content (AvgIpc) is 2.95. The average molecular weight is 276 g/mol. The van der Waals surface area contributed by atoms with E-state index in [0.717, 1.165) is 30.8 Å². The number of benzene rings is 1. The summed E-state index contributed by atoms with van der Waals surface area (Å²) in [4.78, 5) is 0. The number of fused-ring (bicyclic) bond motifs is 1. The van der Waals surface area contributed by atoms with E-state index < -0.39 is 0 Å². The second-order valence-electron chi connectivity index (χ2n) is 5.24. The van der Waals surface area contributed by atoms with E-state index in [-0.39, 0.29) is 0 Å². The normalized spacial score (nSPS) is 17.7. The van der Waals surface area contributed by atoms with Crippen LogP contribution in [-0.4, -0.2) is 22.4 Å². The van der Waals surface area contributed by atoms with Crippen molar-refractivity contribution in [3.05, 3.63) is 52.3 Å². The van der Waals surface area contributed by atoms with Crippen LogP contribution in [0.15, 0.2) is 30.6 Å². The summed E-state index contributed by atoms with van der Waals surface area (Å²) in [5, 5.41) is 8.65. The Morgan fingerprint density at radius 2 is 2.21 bits per heavy atom. The van der Waals surface area contributed by atoms with Crippen LogP contribution in [0.2, 0.25) is 5.02 Å². The molecule has 1 aromatic carbocycles. The van der Waals surface area contributed by atoms with Crippen molar-refractivity contribution in [1.29, 1.82) is 0 Å². The number of hydrogen-bond acceptors (Lipinski definition) is 2. The first kappa shape index (κ1) is 12.7. The van der Waals surface area contributed by atoms with Gasteiger partial charge in [0.25, 0.3) is 0 Å². The van der Waals surface area contributed by atoms with Gasteiger partial charge in [-0.25, -0.2) is 0 Å². The number of rotatable bonds is 4. The molecule has 3 rings (SSSR count). The van der Waals surface area contributed by atoms with Gasteiger partial charge in [-0.3, -0.25) is 4.68 Å². The molecule has 1 unspecified atom stereocenters. The Bertz CT molecular complexity index is 577. The number of nitrogens with one attached hydrogen (secondary N) is 1. The zero-order valence-electron chi connectivity index (χ0n) is 11.1. The van der Waals surface area contributed by atoms with E-state index in [1.807, 2.05) is 24.0 Å². The van der Waals surface area contributed by atoms with Crippen LogP contribution in [0, 0.1) is 0 Å². The van der Waals surface area contributed by atoms with Crippen LogP contribution in [0.3, 0.4) is 0 Å². The van der Waals surface area contributed by atoms with Gasteiger partial charge < -0.3 is 5.32 Å². The Balaban J connectivity index is 1.51. The molecule has 1 atom stereocenters. The third-order valence-electron chi connectivity index (χ3n) is 3.71. The minimum Gasteiger partial charge on any atom is -0.313 e. The molecule has 0 saturated carbocycles. The van der Waals surface area contributed by atoms with Gasteiger partial charge in [0.2, 0.25) is 0 Å². The Morgan fingerprint density at radius 1 is 1.37 bits per heavy atom. The first-order chi connectivity index (χ1) is 9.20. The Kier molecular flexibility index (Phi) is 3.58. The minimum absolute atomic E-state index is 0.546. The summed E-state index contributed by atoms with van der Waals surface area (Å²) in [6.07, 6.45) is 7.24. The molecule has 19 heavy (non-hydrogen) atoms. The van der Waals surface area contributed by atoms with Crippen molar-refractivity contribution in [2.75, 3.05) is 6.54 Å². The highest BCUT2D eigenvalue weighted by molar-refractivity contribution is 6.30. The largest absolute Gasteiger partial charge is 0.313 e. The van der Waals surface area contributed by atoms with Crippen molar-refractivity contribution in [1.82, 2.24) is 15.1 Å². The van der Waals surface area contributed by atoms with E-state index in [0.29, 0.717) is 6.04 Å². The van der Waals surface area contributed by atoms with Gasteiger partial charge in [-0.1, -0.05) is 17.7 Å². The Hall–Kier alpha value is -1.32. The van der Waals surface area contributed by atoms with Gasteiger partial charge in [-0.15, -0.1) is 0 Å². The van der Waals surface area contributed by atoms with Crippen molar-refractivity contribution in [2.24, 2.45) is 7.05 Å². The maximum atomic E-state index is 6.03. The highest BCUT2D eigenvalue weighted by Gasteiger charge is 2.20. The quantitative estimate of drug-likeness (QED) is 0.928. The summed E-state index contributed by atoms with van der Waals surface area (Å²) in [6.45, 7) is 0.998. The maximum Gasteiger partial charge on any atom is 0.0522 e. The third-order valence-corrected chi connectivity index (χ3v) is 3.94. The van der Waals surface area contributed by atoms with Crippen LogP contribution in [0.1, 0.15) is 16.7 Å². The second kappa shape index (κ2) is 5.35. The second-order valence-corrected chi connectivity index (χ2v) is 5.68. The zero-order valence-corrected chi connectivity index (χ0v) is 11.8. The van der Waals surface area contributed by atoms with Crippen molar-refractivity contribution in [3.8, 4) is 0 Å². The monoisotopic (exact) mass is 275 g/mol. The molecule has 1 heterocycles. The molecule has 1 N–H and O–H groups in total. The van der Waals surface area contributed by atoms with Crippen molar-refractivity contribution in [3.63, 3.8) is 0 Å². The lowest BCUT2D eigenvalue weighted by molar-refractivity contribution is 0.536. The van der Waals surface area contributed by atoms with Crippen LogP contribution in [0.4, 0.5) is 0 Å². The standard InChI is InChI=1S/C15H18ClN3/c1-19-10-11(9-18-19)4-5-17-15-7-12-2-3-14(16)6-13(12)8-15/h2-3,6,9-10,15,17H,4-5,7-8H2,1H3. The molecule has 1 aliphatic rings. The molecule has 0 amide bonds. The van der Waals surface area contributed by atoms with Crippen molar-refractivity contribution in [2.45, 2.75) is 25.3 Å². The van der Waals surface area contributed by atoms with Gasteiger partial charge in [-0.05, 0) is 54.6 Å². The lowest BCUT2D eigenvalue weighted by Crippen LogP contribution is -2.31. The van der Waals surface area contributed by atoms with Gasteiger partial charge in [0.1, 0.15) is 0 Å². The fraction of sp³-hybridized carbons (Fsp3) is 0.400. The number of aromatic nitrogens is 2. The molecule has 4 heteroatoms. The molecule has 0 saturated heterocycles. The van der Waals surface area contributed by atoms with E-state index in [2.05, 4.69) is 28.7 Å². The lowest BCUT2D eigenvalue weighted by atomic mass is 10.1. The topological polar surface area (TPSA) is 29.9 Å². The molecule has 0 aliphatic heterocycles. The summed E-state index contributed by atoms with van der Waals surface area (Å²) in [6, 6.07) is 6.78. The lowest BCUT2D eigenvalue weighted by Gasteiger charge is -2.10. The molecule has 2 aromatic rings. The van der Waals surface area contributed by atoms with E-state index in [4.69, 9.17) is 11.6 Å². The Morgan fingerprint density at radius 3 is 3.00 bits per heavy atom. The summed E-state index contributed by atoms with van der Waals surface area (Å²) in [5.74, 6) is 0. The van der Waals surface area contributed by atoms with E-state index in [1.165, 1.54) is 16.7 Å². The van der Waals surface area contributed by atoms with Crippen LogP contribution in [-0.2, 0) is 26.3 Å². The predicted octanol–water partition coefficient (Wildman–Crippen LogP) is 2.37. The fourth-order valence-electron chi connectivity index (χ4n) is 2.75. The van der Waals surface area contributed by atoms with Gasteiger partial charge in [-0.2, -0.15) is 5.10 Å². The smallest absolute Gasteiger partial charge is 0.0522 e. The molecule has 0 spiro atoms. The Labute approximate surface area is 118 Å². The van der Waals surface area contributed by atoms with Crippen LogP contribution in [0.25, 0.3) is 0 Å². The zero-order chi connectivity index (χ0) is 13.2. The molecular weight excluding hydrogens is 258 g/mol. The van der Waals surface area contributed by atoms with Gasteiger partial charge in [0.15, 0.2) is 0 Å². The number of nitrogens with zero attached hydrogens (tertiary/aromatic N) is 2. The fourth-order valence-corrected chi connectivity index (χ4v) is 2.95. The van der Waals surface area contributed by atoms with E-state index in [9.17, 15) is 0 Å². The molecule has 100 valence electrons. The number of aryl methyl sites for hydroxylation is 1. The summed E-state index contributed by atoms with van der Waals surface area (Å²) >= 11 is 6.03. The maximum absolute atomic E-state index is 6.03. The van der Waals surface area contributed by atoms with Crippen LogP contribution < -0.4 is 5.32 Å². The summed E-state index contributed by atoms with van der Waals surface area (Å²) in [7, 11) is 1.95. The number of halogens is 1. The molecule has 3 nitrogen and oxygen atoms in total. The van der Waals surface area contributed by atoms with E-state index >= 15 is 0 Å². The van der Waals surface area contributed by atoms with Gasteiger partial charge in [0.05, 0.1) is 6.20 Å². The first-order valence-electron chi connectivity index (χ1n) is 6.69. The van der Waals surface area contributed by atoms with Gasteiger partial charge in [0, 0.05) is 24.3 Å². The summed E-state index contributed by atoms with van der Waals surface area (Å²) in [5.41, 5.74) is 4.11. The molecule has 0 fully saturated rings. The molecule has 1 aliphatic carbocycles. The highest BCUT2D eigenvalue weighted by Crippen LogP contribution is 2.25. The minimum atomic E-state index is 0.546. The predicted molar refractivity (Wildman–Crippen MR) is 77.6 cm³/mol. The SMILES string of the molecule is Cn1cc(CCNC2Cc3ccc(Cl)cc3C2)cn1. The molecule has 0 radical (unpaired) electrons. The van der Waals surface area contributed by atoms with E-state index in [1.54, 1.807) is 0 Å². The van der Waals surface area contributed by atoms with Gasteiger partial charge >= 0.3 is 0 Å². The van der Waals surface area contributed by atoms with Crippen molar-refractivity contribution < 1.29 is 0 Å². The summed E-state index contributed by atoms with van der Waals surface area (Å²) < 4.78 is 1.85. The first-order valence-corrected chi connectivity index (χ1v) is 7.07. The highest BCUT2D eigenvalue weighted by atomic mass is 35.5. The van der Waals surface area contributed by atoms with Crippen molar-refractivity contribution >= 4 is 11.6 Å². The molecule has 0 bridgehead atoms. The van der Waals surface area contributed by atoms with Crippen LogP contribution in [0.5, 0.6) is 0 Å².